The molecule has 3 aromatic carbocycles. The summed E-state index contributed by atoms with van der Waals surface area (Å²) in [6, 6.07) is 22.1. The third kappa shape index (κ3) is 7.00. The van der Waals surface area contributed by atoms with Crippen LogP contribution in [0, 0.1) is 11.3 Å². The molecule has 5 rings (SSSR count). The third-order valence-corrected chi connectivity index (χ3v) is 10.8. The van der Waals surface area contributed by atoms with Gasteiger partial charge >= 0.3 is 6.03 Å². The highest BCUT2D eigenvalue weighted by Crippen LogP contribution is 2.54. The molecule has 0 unspecified atom stereocenters. The van der Waals surface area contributed by atoms with Gasteiger partial charge in [-0.25, -0.2) is 13.2 Å². The number of amidine groups is 1. The van der Waals surface area contributed by atoms with Gasteiger partial charge in [-0.3, -0.25) is 14.8 Å². The van der Waals surface area contributed by atoms with Crippen LogP contribution in [0.1, 0.15) is 49.4 Å². The van der Waals surface area contributed by atoms with Crippen LogP contribution in [0.3, 0.4) is 0 Å². The van der Waals surface area contributed by atoms with E-state index < -0.39 is 20.9 Å². The summed E-state index contributed by atoms with van der Waals surface area (Å²) in [5.41, 5.74) is 0.660. The van der Waals surface area contributed by atoms with Crippen molar-refractivity contribution < 1.29 is 17.9 Å². The maximum absolute atomic E-state index is 15.0. The zero-order chi connectivity index (χ0) is 34.0. The summed E-state index contributed by atoms with van der Waals surface area (Å²) in [6.07, 6.45) is 1.79. The van der Waals surface area contributed by atoms with E-state index in [2.05, 4.69) is 11.0 Å². The molecule has 2 aliphatic heterocycles. The minimum absolute atomic E-state index is 0.134. The summed E-state index contributed by atoms with van der Waals surface area (Å²) < 4.78 is 29.4. The molecule has 1 fully saturated rings. The predicted octanol–water partition coefficient (Wildman–Crippen LogP) is 6.33. The molecule has 0 bridgehead atoms. The first-order valence-electron chi connectivity index (χ1n) is 15.6. The van der Waals surface area contributed by atoms with Crippen molar-refractivity contribution in [3.05, 3.63) is 99.0 Å². The zero-order valence-electron chi connectivity index (χ0n) is 27.0. The maximum atomic E-state index is 15.0. The van der Waals surface area contributed by atoms with Crippen LogP contribution in [0.15, 0.2) is 71.7 Å². The number of hydrogen-bond donors (Lipinski definition) is 0. The number of aliphatic imine (C=N–C) groups is 1. The van der Waals surface area contributed by atoms with E-state index in [1.807, 2.05) is 74.2 Å². The van der Waals surface area contributed by atoms with Crippen LogP contribution in [0.25, 0.3) is 0 Å². The van der Waals surface area contributed by atoms with Crippen LogP contribution in [0.2, 0.25) is 10.0 Å². The van der Waals surface area contributed by atoms with Crippen molar-refractivity contribution in [1.29, 1.82) is 5.26 Å². The van der Waals surface area contributed by atoms with Gasteiger partial charge in [0.05, 0.1) is 29.6 Å². The number of sulfone groups is 1. The summed E-state index contributed by atoms with van der Waals surface area (Å²) in [6.45, 7) is 9.05. The Hall–Kier alpha value is -3.62. The van der Waals surface area contributed by atoms with Gasteiger partial charge < -0.3 is 9.64 Å². The SMILES string of the molecule is CCOc1cc(C#N)ccc1C1=N[C@@](C)(c2ccc(Cl)cc2)[C@@](C)(c2ccc(Cl)cc2)N1C(=O)N1CCN(CCCS(C)(=O)=O)CC1. The highest BCUT2D eigenvalue weighted by atomic mass is 35.5. The quantitative estimate of drug-likeness (QED) is 0.259. The molecular formula is C35H39Cl2N5O4S. The topological polar surface area (TPSA) is 106 Å². The summed E-state index contributed by atoms with van der Waals surface area (Å²) in [5.74, 6) is 1.01. The van der Waals surface area contributed by atoms with E-state index >= 15 is 0 Å². The summed E-state index contributed by atoms with van der Waals surface area (Å²) >= 11 is 12.7. The first-order chi connectivity index (χ1) is 22.3. The standard InChI is InChI=1S/C35H39Cl2N5O4S/c1-5-46-31-23-25(24-38)7-16-30(31)32-39-34(2,26-8-12-28(36)13-9-26)35(3,27-10-14-29(37)15-11-27)42(32)33(43)41-20-18-40(19-21-41)17-6-22-47(4,44)45/h7-16,23H,5-6,17-22H2,1-4H3/t34-,35+/m0/s1. The Balaban J connectivity index is 1.63. The first kappa shape index (κ1) is 34.7. The van der Waals surface area contributed by atoms with Crippen molar-refractivity contribution >= 4 is 44.9 Å². The highest BCUT2D eigenvalue weighted by Gasteiger charge is 2.60. The van der Waals surface area contributed by atoms with E-state index in [9.17, 15) is 18.5 Å². The zero-order valence-corrected chi connectivity index (χ0v) is 29.4. The van der Waals surface area contributed by atoms with Gasteiger partial charge in [0.25, 0.3) is 0 Å². The fourth-order valence-corrected chi connectivity index (χ4v) is 7.38. The minimum atomic E-state index is -3.04. The molecule has 0 aromatic heterocycles. The van der Waals surface area contributed by atoms with Crippen LogP contribution < -0.4 is 4.74 Å². The number of ether oxygens (including phenoxy) is 1. The molecule has 0 aliphatic carbocycles. The largest absolute Gasteiger partial charge is 0.493 e. The Morgan fingerprint density at radius 1 is 0.957 bits per heavy atom. The van der Waals surface area contributed by atoms with E-state index in [1.54, 1.807) is 23.1 Å². The van der Waals surface area contributed by atoms with E-state index in [0.717, 1.165) is 11.1 Å². The van der Waals surface area contributed by atoms with Gasteiger partial charge in [0, 0.05) is 42.5 Å². The molecule has 1 saturated heterocycles. The number of nitrogens with zero attached hydrogens (tertiary/aromatic N) is 5. The molecule has 2 aliphatic rings. The molecule has 0 saturated carbocycles. The molecule has 0 radical (unpaired) electrons. The fraction of sp³-hybridized carbons (Fsp3) is 0.400. The van der Waals surface area contributed by atoms with E-state index in [0.29, 0.717) is 78.5 Å². The van der Waals surface area contributed by atoms with Crippen molar-refractivity contribution in [3.63, 3.8) is 0 Å². The number of hydrogen-bond acceptors (Lipinski definition) is 7. The maximum Gasteiger partial charge on any atom is 0.326 e. The van der Waals surface area contributed by atoms with Crippen LogP contribution in [-0.4, -0.2) is 86.3 Å². The van der Waals surface area contributed by atoms with E-state index in [1.165, 1.54) is 6.26 Å². The first-order valence-corrected chi connectivity index (χ1v) is 18.4. The lowest BCUT2D eigenvalue weighted by Crippen LogP contribution is -2.60. The summed E-state index contributed by atoms with van der Waals surface area (Å²) in [4.78, 5) is 26.2. The number of piperazine rings is 1. The lowest BCUT2D eigenvalue weighted by Gasteiger charge is -2.47. The van der Waals surface area contributed by atoms with Gasteiger partial charge in [0.15, 0.2) is 0 Å². The number of amides is 2. The van der Waals surface area contributed by atoms with Gasteiger partial charge in [0.1, 0.15) is 32.5 Å². The lowest BCUT2D eigenvalue weighted by molar-refractivity contribution is 0.0868. The fourth-order valence-electron chi connectivity index (χ4n) is 6.47. The number of benzene rings is 3. The van der Waals surface area contributed by atoms with E-state index in [-0.39, 0.29) is 11.8 Å². The number of nitriles is 1. The average molecular weight is 697 g/mol. The minimum Gasteiger partial charge on any atom is -0.493 e. The third-order valence-electron chi connectivity index (χ3n) is 9.22. The highest BCUT2D eigenvalue weighted by molar-refractivity contribution is 7.90. The molecule has 2 amide bonds. The summed E-state index contributed by atoms with van der Waals surface area (Å²) in [7, 11) is -3.04. The lowest BCUT2D eigenvalue weighted by atomic mass is 9.71. The number of carbonyl (C=O) groups excluding carboxylic acids is 1. The van der Waals surface area contributed by atoms with Gasteiger partial charge in [-0.15, -0.1) is 0 Å². The molecule has 9 nitrogen and oxygen atoms in total. The second-order valence-corrected chi connectivity index (χ2v) is 15.4. The Kier molecular flexibility index (Phi) is 10.2. The average Bonchev–Trinajstić information content (AvgIpc) is 3.29. The van der Waals surface area contributed by atoms with Crippen LogP contribution >= 0.6 is 23.2 Å². The molecule has 248 valence electrons. The monoisotopic (exact) mass is 695 g/mol. The molecule has 0 spiro atoms. The Morgan fingerprint density at radius 2 is 1.55 bits per heavy atom. The molecule has 3 aromatic rings. The second kappa shape index (κ2) is 13.9. The molecule has 2 heterocycles. The number of halogens is 2. The van der Waals surface area contributed by atoms with Gasteiger partial charge in [-0.2, -0.15) is 5.26 Å². The molecule has 2 atom stereocenters. The van der Waals surface area contributed by atoms with Crippen LogP contribution in [0.4, 0.5) is 4.79 Å². The summed E-state index contributed by atoms with van der Waals surface area (Å²) in [5, 5.41) is 10.8. The predicted molar refractivity (Wildman–Crippen MR) is 186 cm³/mol. The van der Waals surface area contributed by atoms with Gasteiger partial charge in [0.2, 0.25) is 0 Å². The van der Waals surface area contributed by atoms with Crippen molar-refractivity contribution in [2.24, 2.45) is 4.99 Å². The van der Waals surface area contributed by atoms with Crippen LogP contribution in [0.5, 0.6) is 5.75 Å². The Morgan fingerprint density at radius 3 is 2.11 bits per heavy atom. The smallest absolute Gasteiger partial charge is 0.326 e. The normalized spacial score (nSPS) is 21.8. The molecular weight excluding hydrogens is 657 g/mol. The van der Waals surface area contributed by atoms with Crippen molar-refractivity contribution in [2.75, 3.05) is 51.3 Å². The number of rotatable bonds is 9. The molecule has 47 heavy (non-hydrogen) atoms. The van der Waals surface area contributed by atoms with Gasteiger partial charge in [-0.1, -0.05) is 47.5 Å². The van der Waals surface area contributed by atoms with Crippen molar-refractivity contribution in [1.82, 2.24) is 14.7 Å². The number of urea groups is 1. The van der Waals surface area contributed by atoms with E-state index in [4.69, 9.17) is 32.9 Å². The molecule has 0 N–H and O–H groups in total. The number of carbonyl (C=O) groups is 1. The van der Waals surface area contributed by atoms with Crippen molar-refractivity contribution in [2.45, 2.75) is 38.3 Å². The Bertz CT molecular complexity index is 1800. The second-order valence-electron chi connectivity index (χ2n) is 12.3. The molecule has 12 heteroatoms. The van der Waals surface area contributed by atoms with Crippen molar-refractivity contribution in [3.8, 4) is 11.8 Å². The van der Waals surface area contributed by atoms with Crippen LogP contribution in [-0.2, 0) is 20.9 Å². The van der Waals surface area contributed by atoms with Gasteiger partial charge in [-0.05, 0) is 87.3 Å². The Labute approximate surface area is 287 Å².